The van der Waals surface area contributed by atoms with Gasteiger partial charge in [-0.1, -0.05) is 18.2 Å². The fourth-order valence-corrected chi connectivity index (χ4v) is 6.00. The number of methoxy groups -OCH3 is 2. The van der Waals surface area contributed by atoms with Crippen LogP contribution >= 0.6 is 0 Å². The third-order valence-electron chi connectivity index (χ3n) is 8.35. The van der Waals surface area contributed by atoms with E-state index in [9.17, 15) is 9.90 Å². The first-order valence-corrected chi connectivity index (χ1v) is 16.7. The van der Waals surface area contributed by atoms with Gasteiger partial charge in [-0.3, -0.25) is 0 Å². The quantitative estimate of drug-likeness (QED) is 0.254. The summed E-state index contributed by atoms with van der Waals surface area (Å²) in [7, 11) is 3.30. The molecule has 1 amide bonds. The van der Waals surface area contributed by atoms with E-state index in [1.807, 2.05) is 65.0 Å². The van der Waals surface area contributed by atoms with E-state index in [1.165, 1.54) is 0 Å². The minimum Gasteiger partial charge on any atom is -0.496 e. The van der Waals surface area contributed by atoms with Crippen molar-refractivity contribution in [3.63, 3.8) is 0 Å². The molecule has 2 aromatic rings. The van der Waals surface area contributed by atoms with E-state index in [2.05, 4.69) is 11.0 Å². The molecule has 0 aromatic heterocycles. The van der Waals surface area contributed by atoms with E-state index in [0.717, 1.165) is 42.1 Å². The van der Waals surface area contributed by atoms with Gasteiger partial charge in [0.1, 0.15) is 35.4 Å². The van der Waals surface area contributed by atoms with Crippen molar-refractivity contribution >= 4 is 11.8 Å². The third kappa shape index (κ3) is 9.96. The van der Waals surface area contributed by atoms with Crippen molar-refractivity contribution < 1.29 is 43.1 Å². The minimum absolute atomic E-state index is 0.00341. The van der Waals surface area contributed by atoms with Gasteiger partial charge in [-0.25, -0.2) is 4.79 Å². The van der Waals surface area contributed by atoms with Gasteiger partial charge < -0.3 is 48.1 Å². The topological polar surface area (TPSA) is 108 Å². The van der Waals surface area contributed by atoms with E-state index in [1.54, 1.807) is 19.1 Å². The average molecular weight is 659 g/mol. The van der Waals surface area contributed by atoms with Crippen molar-refractivity contribution in [2.75, 3.05) is 71.7 Å². The molecule has 2 heterocycles. The lowest BCUT2D eigenvalue weighted by Gasteiger charge is -2.45. The second-order valence-corrected chi connectivity index (χ2v) is 13.2. The minimum atomic E-state index is -1.43. The maximum atomic E-state index is 13.1. The van der Waals surface area contributed by atoms with Crippen LogP contribution in [0.15, 0.2) is 36.4 Å². The van der Waals surface area contributed by atoms with Gasteiger partial charge in [-0.15, -0.1) is 0 Å². The number of aliphatic hydroxyl groups is 1. The van der Waals surface area contributed by atoms with Crippen molar-refractivity contribution in [1.82, 2.24) is 4.90 Å². The number of nitrogens with zero attached hydrogens (tertiary/aromatic N) is 2. The molecule has 11 nitrogen and oxygen atoms in total. The molecule has 2 aromatic carbocycles. The van der Waals surface area contributed by atoms with Crippen molar-refractivity contribution in [3.8, 4) is 11.5 Å². The fourth-order valence-electron chi connectivity index (χ4n) is 6.00. The summed E-state index contributed by atoms with van der Waals surface area (Å²) in [5, 5.41) is 12.4. The highest BCUT2D eigenvalue weighted by Gasteiger charge is 2.47. The number of fused-ring (bicyclic) bond motifs is 1. The molecule has 0 spiro atoms. The summed E-state index contributed by atoms with van der Waals surface area (Å²) in [6, 6.07) is 11.7. The first-order valence-electron chi connectivity index (χ1n) is 16.7. The van der Waals surface area contributed by atoms with E-state index in [0.29, 0.717) is 50.9 Å². The van der Waals surface area contributed by atoms with E-state index >= 15 is 0 Å². The lowest BCUT2D eigenvalue weighted by molar-refractivity contribution is -0.155. The average Bonchev–Trinajstić information content (AvgIpc) is 3.03. The number of ether oxygens (including phenoxy) is 7. The molecule has 11 heteroatoms. The van der Waals surface area contributed by atoms with Crippen LogP contribution in [-0.4, -0.2) is 101 Å². The van der Waals surface area contributed by atoms with Crippen LogP contribution in [-0.2, 0) is 42.5 Å². The molecule has 262 valence electrons. The van der Waals surface area contributed by atoms with Gasteiger partial charge in [0.05, 0.1) is 51.8 Å². The Balaban J connectivity index is 1.56. The van der Waals surface area contributed by atoms with Gasteiger partial charge in [0.15, 0.2) is 0 Å². The molecule has 47 heavy (non-hydrogen) atoms. The monoisotopic (exact) mass is 658 g/mol. The van der Waals surface area contributed by atoms with Crippen LogP contribution in [0.25, 0.3) is 0 Å². The Morgan fingerprint density at radius 1 is 1.11 bits per heavy atom. The standard InChI is InChI=1S/C36H54N2O9/c1-8-44-26(2)23-43-24-28-10-12-29(32(21-28)42-7)36(40)14-16-38(34(39)47-35(3,4)5)22-33(36)46-25-27-11-13-31-30(20-27)37(17-19-45-31)15-9-18-41-6/h10-13,20-21,26,33,40H,8-9,14-19,22-25H2,1-7H3/t26?,33-,36-/m0/s1. The molecule has 4 rings (SSSR count). The molecule has 0 radical (unpaired) electrons. The van der Waals surface area contributed by atoms with E-state index in [4.69, 9.17) is 33.2 Å². The summed E-state index contributed by atoms with van der Waals surface area (Å²) in [6.45, 7) is 14.6. The van der Waals surface area contributed by atoms with Crippen LogP contribution in [0, 0.1) is 0 Å². The molecule has 1 N–H and O–H groups in total. The van der Waals surface area contributed by atoms with Gasteiger partial charge in [0.2, 0.25) is 0 Å². The number of piperidine rings is 1. The van der Waals surface area contributed by atoms with E-state index in [-0.39, 0.29) is 25.7 Å². The number of hydrogen-bond acceptors (Lipinski definition) is 10. The highest BCUT2D eigenvalue weighted by molar-refractivity contribution is 5.68. The number of carbonyl (C=O) groups excluding carboxylic acids is 1. The SMILES string of the molecule is CCOC(C)COCc1ccc([C@@]2(O)CCN(C(=O)OC(C)(C)C)C[C@@H]2OCc2ccc3c(c2)N(CCCOC)CCO3)c(OC)c1. The number of carbonyl (C=O) groups is 1. The maximum absolute atomic E-state index is 13.1. The molecule has 1 saturated heterocycles. The second-order valence-electron chi connectivity index (χ2n) is 13.2. The number of rotatable bonds is 15. The molecule has 0 saturated carbocycles. The maximum Gasteiger partial charge on any atom is 0.410 e. The highest BCUT2D eigenvalue weighted by Crippen LogP contribution is 2.41. The van der Waals surface area contributed by atoms with Gasteiger partial charge in [-0.05, 0) is 70.4 Å². The predicted molar refractivity (Wildman–Crippen MR) is 179 cm³/mol. The first-order chi connectivity index (χ1) is 22.5. The summed E-state index contributed by atoms with van der Waals surface area (Å²) >= 11 is 0. The van der Waals surface area contributed by atoms with Gasteiger partial charge in [0.25, 0.3) is 0 Å². The van der Waals surface area contributed by atoms with Crippen LogP contribution in [0.3, 0.4) is 0 Å². The normalized spacial score (nSPS) is 20.4. The predicted octanol–water partition coefficient (Wildman–Crippen LogP) is 5.29. The largest absolute Gasteiger partial charge is 0.496 e. The van der Waals surface area contributed by atoms with Crippen molar-refractivity contribution in [3.05, 3.63) is 53.1 Å². The lowest BCUT2D eigenvalue weighted by Crippen LogP contribution is -2.56. The van der Waals surface area contributed by atoms with E-state index < -0.39 is 23.4 Å². The molecular weight excluding hydrogens is 604 g/mol. The summed E-state index contributed by atoms with van der Waals surface area (Å²) in [6.07, 6.45) is -0.0640. The Labute approximate surface area is 280 Å². The van der Waals surface area contributed by atoms with Crippen LogP contribution in [0.2, 0.25) is 0 Å². The van der Waals surface area contributed by atoms with Crippen molar-refractivity contribution in [2.45, 2.75) is 84.1 Å². The molecular formula is C36H54N2O9. The zero-order valence-corrected chi connectivity index (χ0v) is 29.2. The summed E-state index contributed by atoms with van der Waals surface area (Å²) in [4.78, 5) is 17.0. The zero-order chi connectivity index (χ0) is 34.0. The zero-order valence-electron chi connectivity index (χ0n) is 29.2. The highest BCUT2D eigenvalue weighted by atomic mass is 16.6. The van der Waals surface area contributed by atoms with Gasteiger partial charge in [0, 0.05) is 45.4 Å². The molecule has 0 aliphatic carbocycles. The number of likely N-dealkylation sites (tertiary alicyclic amines) is 1. The number of hydrogen-bond donors (Lipinski definition) is 1. The van der Waals surface area contributed by atoms with Gasteiger partial charge in [-0.2, -0.15) is 0 Å². The summed E-state index contributed by atoms with van der Waals surface area (Å²) < 4.78 is 40.6. The molecule has 1 unspecified atom stereocenters. The Hall–Kier alpha value is -3.09. The first kappa shape index (κ1) is 36.7. The number of anilines is 1. The second kappa shape index (κ2) is 16.8. The summed E-state index contributed by atoms with van der Waals surface area (Å²) in [5.41, 5.74) is 1.37. The van der Waals surface area contributed by atoms with Crippen molar-refractivity contribution in [2.24, 2.45) is 0 Å². The number of benzene rings is 2. The third-order valence-corrected chi connectivity index (χ3v) is 8.35. The van der Waals surface area contributed by atoms with Crippen LogP contribution in [0.5, 0.6) is 11.5 Å². The Kier molecular flexibility index (Phi) is 13.2. The van der Waals surface area contributed by atoms with Crippen LogP contribution in [0.1, 0.15) is 64.2 Å². The molecule has 1 fully saturated rings. The molecule has 2 aliphatic heterocycles. The molecule has 2 aliphatic rings. The Bertz CT molecular complexity index is 1300. The fraction of sp³-hybridized carbons (Fsp3) is 0.639. The number of amides is 1. The smallest absolute Gasteiger partial charge is 0.410 e. The Morgan fingerprint density at radius 3 is 2.60 bits per heavy atom. The van der Waals surface area contributed by atoms with Crippen molar-refractivity contribution in [1.29, 1.82) is 0 Å². The van der Waals surface area contributed by atoms with Crippen LogP contribution in [0.4, 0.5) is 10.5 Å². The lowest BCUT2D eigenvalue weighted by atomic mass is 9.81. The Morgan fingerprint density at radius 2 is 1.87 bits per heavy atom. The molecule has 0 bridgehead atoms. The molecule has 3 atom stereocenters. The van der Waals surface area contributed by atoms with Gasteiger partial charge >= 0.3 is 6.09 Å². The van der Waals surface area contributed by atoms with Crippen LogP contribution < -0.4 is 14.4 Å². The summed E-state index contributed by atoms with van der Waals surface area (Å²) in [5.74, 6) is 1.37.